The highest BCUT2D eigenvalue weighted by atomic mass is 16.6. The molecule has 4 unspecified atom stereocenters. The van der Waals surface area contributed by atoms with Crippen molar-refractivity contribution in [1.82, 2.24) is 0 Å². The lowest BCUT2D eigenvalue weighted by Gasteiger charge is -2.16. The third-order valence-electron chi connectivity index (χ3n) is 2.28. The summed E-state index contributed by atoms with van der Waals surface area (Å²) in [4.78, 5) is 0. The quantitative estimate of drug-likeness (QED) is 0.664. The highest BCUT2D eigenvalue weighted by molar-refractivity contribution is 4.83. The molecule has 1 aliphatic heterocycles. The maximum Gasteiger partial charge on any atom is 0.160 e. The molecule has 0 saturated carbocycles. The molecule has 4 heteroatoms. The van der Waals surface area contributed by atoms with Crippen molar-refractivity contribution >= 4 is 0 Å². The Balaban J connectivity index is 2.35. The Morgan fingerprint density at radius 1 is 1.38 bits per heavy atom. The van der Waals surface area contributed by atoms with Crippen LogP contribution < -0.4 is 0 Å². The number of aliphatic hydroxyl groups is 2. The van der Waals surface area contributed by atoms with Gasteiger partial charge in [0, 0.05) is 5.92 Å². The lowest BCUT2D eigenvalue weighted by atomic mass is 10.0. The number of rotatable bonds is 3. The molecule has 0 aromatic carbocycles. The van der Waals surface area contributed by atoms with Gasteiger partial charge in [0.25, 0.3) is 0 Å². The lowest BCUT2D eigenvalue weighted by molar-refractivity contribution is -0.127. The van der Waals surface area contributed by atoms with Gasteiger partial charge in [-0.2, -0.15) is 0 Å². The average molecular weight is 190 g/mol. The summed E-state index contributed by atoms with van der Waals surface area (Å²) in [5.41, 5.74) is 0. The van der Waals surface area contributed by atoms with Gasteiger partial charge < -0.3 is 19.7 Å². The van der Waals surface area contributed by atoms with Crippen LogP contribution in [0.4, 0.5) is 0 Å². The Labute approximate surface area is 78.5 Å². The van der Waals surface area contributed by atoms with Crippen LogP contribution in [0, 0.1) is 5.92 Å². The van der Waals surface area contributed by atoms with Crippen LogP contribution in [0.25, 0.3) is 0 Å². The van der Waals surface area contributed by atoms with Crippen LogP contribution in [-0.2, 0) is 9.47 Å². The van der Waals surface area contributed by atoms with Crippen molar-refractivity contribution in [2.45, 2.75) is 45.4 Å². The highest BCUT2D eigenvalue weighted by Gasteiger charge is 2.39. The largest absolute Gasteiger partial charge is 0.390 e. The van der Waals surface area contributed by atoms with Crippen LogP contribution >= 0.6 is 0 Å². The molecule has 0 bridgehead atoms. The zero-order chi connectivity index (χ0) is 10.0. The minimum absolute atomic E-state index is 0.115. The molecule has 1 saturated heterocycles. The van der Waals surface area contributed by atoms with E-state index in [1.165, 1.54) is 0 Å². The number of hydrogen-bond acceptors (Lipinski definition) is 4. The van der Waals surface area contributed by atoms with Gasteiger partial charge in [-0.25, -0.2) is 0 Å². The summed E-state index contributed by atoms with van der Waals surface area (Å²) in [6.07, 6.45) is -1.78. The van der Waals surface area contributed by atoms with E-state index in [-0.39, 0.29) is 12.0 Å². The molecule has 0 aromatic rings. The first-order valence-electron chi connectivity index (χ1n) is 4.65. The van der Waals surface area contributed by atoms with Crippen molar-refractivity contribution in [1.29, 1.82) is 0 Å². The summed E-state index contributed by atoms with van der Waals surface area (Å²) in [6, 6.07) is 0. The maximum absolute atomic E-state index is 9.58. The molecule has 1 rings (SSSR count). The van der Waals surface area contributed by atoms with Crippen molar-refractivity contribution in [2.24, 2.45) is 5.92 Å². The minimum atomic E-state index is -0.865. The number of ether oxygens (including phenoxy) is 2. The zero-order valence-corrected chi connectivity index (χ0v) is 8.30. The molecule has 0 spiro atoms. The molecule has 1 heterocycles. The van der Waals surface area contributed by atoms with E-state index < -0.39 is 18.5 Å². The van der Waals surface area contributed by atoms with Crippen LogP contribution in [0.15, 0.2) is 0 Å². The highest BCUT2D eigenvalue weighted by Crippen LogP contribution is 2.25. The number of hydrogen-bond donors (Lipinski definition) is 2. The van der Waals surface area contributed by atoms with Gasteiger partial charge >= 0.3 is 0 Å². The topological polar surface area (TPSA) is 58.9 Å². The molecule has 78 valence electrons. The molecule has 13 heavy (non-hydrogen) atoms. The standard InChI is InChI=1S/C9H18O4/c1-5(2)12-4-7-8(10)6(3)9(11)13-7/h5-11H,4H2,1-3H3. The van der Waals surface area contributed by atoms with Gasteiger partial charge in [0.2, 0.25) is 0 Å². The monoisotopic (exact) mass is 190 g/mol. The van der Waals surface area contributed by atoms with E-state index in [2.05, 4.69) is 0 Å². The Kier molecular flexibility index (Phi) is 3.67. The summed E-state index contributed by atoms with van der Waals surface area (Å²) >= 11 is 0. The molecule has 1 aliphatic rings. The van der Waals surface area contributed by atoms with E-state index in [9.17, 15) is 10.2 Å². The molecule has 0 radical (unpaired) electrons. The summed E-state index contributed by atoms with van der Waals surface area (Å²) in [5.74, 6) is -0.235. The van der Waals surface area contributed by atoms with Crippen LogP contribution in [0.5, 0.6) is 0 Å². The van der Waals surface area contributed by atoms with Gasteiger partial charge in [0.15, 0.2) is 6.29 Å². The Hall–Kier alpha value is -0.160. The average Bonchev–Trinajstić information content (AvgIpc) is 2.29. The van der Waals surface area contributed by atoms with Crippen LogP contribution in [0.2, 0.25) is 0 Å². The Morgan fingerprint density at radius 2 is 2.00 bits per heavy atom. The molecule has 4 nitrogen and oxygen atoms in total. The Bertz CT molecular complexity index is 160. The third kappa shape index (κ3) is 2.64. The molecule has 0 amide bonds. The van der Waals surface area contributed by atoms with E-state index in [0.29, 0.717) is 6.61 Å². The molecule has 0 aliphatic carbocycles. The molecular weight excluding hydrogens is 172 g/mol. The first-order valence-corrected chi connectivity index (χ1v) is 4.65. The summed E-state index contributed by atoms with van der Waals surface area (Å²) in [7, 11) is 0. The van der Waals surface area contributed by atoms with Gasteiger partial charge in [0.1, 0.15) is 6.10 Å². The van der Waals surface area contributed by atoms with Crippen LogP contribution in [0.3, 0.4) is 0 Å². The lowest BCUT2D eigenvalue weighted by Crippen LogP contribution is -2.30. The van der Waals surface area contributed by atoms with Crippen LogP contribution in [0.1, 0.15) is 20.8 Å². The second kappa shape index (κ2) is 4.37. The maximum atomic E-state index is 9.58. The van der Waals surface area contributed by atoms with Crippen LogP contribution in [-0.4, -0.2) is 41.4 Å². The van der Waals surface area contributed by atoms with Gasteiger partial charge in [-0.1, -0.05) is 6.92 Å². The SMILES string of the molecule is CC(C)OCC1OC(O)C(C)C1O. The summed E-state index contributed by atoms with van der Waals surface area (Å²) in [6.45, 7) is 5.92. The van der Waals surface area contributed by atoms with E-state index >= 15 is 0 Å². The minimum Gasteiger partial charge on any atom is -0.390 e. The fourth-order valence-electron chi connectivity index (χ4n) is 1.32. The molecule has 2 N–H and O–H groups in total. The van der Waals surface area contributed by atoms with Crippen molar-refractivity contribution in [3.8, 4) is 0 Å². The van der Waals surface area contributed by atoms with E-state index in [1.54, 1.807) is 6.92 Å². The summed E-state index contributed by atoms with van der Waals surface area (Å²) < 4.78 is 10.4. The normalized spacial score (nSPS) is 40.2. The van der Waals surface area contributed by atoms with E-state index in [4.69, 9.17) is 9.47 Å². The van der Waals surface area contributed by atoms with Crippen molar-refractivity contribution in [2.75, 3.05) is 6.61 Å². The molecular formula is C9H18O4. The molecule has 4 atom stereocenters. The molecule has 0 aromatic heterocycles. The first-order chi connectivity index (χ1) is 6.02. The molecule has 1 fully saturated rings. The fourth-order valence-corrected chi connectivity index (χ4v) is 1.32. The zero-order valence-electron chi connectivity index (χ0n) is 8.30. The van der Waals surface area contributed by atoms with Gasteiger partial charge in [0.05, 0.1) is 18.8 Å². The van der Waals surface area contributed by atoms with Crippen molar-refractivity contribution in [3.63, 3.8) is 0 Å². The fraction of sp³-hybridized carbons (Fsp3) is 1.00. The third-order valence-corrected chi connectivity index (χ3v) is 2.28. The summed E-state index contributed by atoms with van der Waals surface area (Å²) in [5, 5.41) is 18.8. The van der Waals surface area contributed by atoms with Crippen molar-refractivity contribution < 1.29 is 19.7 Å². The van der Waals surface area contributed by atoms with Gasteiger partial charge in [-0.05, 0) is 13.8 Å². The van der Waals surface area contributed by atoms with E-state index in [0.717, 1.165) is 0 Å². The second-order valence-electron chi connectivity index (χ2n) is 3.80. The number of aliphatic hydroxyl groups excluding tert-OH is 2. The van der Waals surface area contributed by atoms with Gasteiger partial charge in [-0.15, -0.1) is 0 Å². The smallest absolute Gasteiger partial charge is 0.160 e. The van der Waals surface area contributed by atoms with Gasteiger partial charge in [-0.3, -0.25) is 0 Å². The first kappa shape index (κ1) is 10.9. The van der Waals surface area contributed by atoms with E-state index in [1.807, 2.05) is 13.8 Å². The predicted octanol–water partition coefficient (Wildman–Crippen LogP) is 0.126. The predicted molar refractivity (Wildman–Crippen MR) is 47.1 cm³/mol. The second-order valence-corrected chi connectivity index (χ2v) is 3.80. The van der Waals surface area contributed by atoms with Crippen molar-refractivity contribution in [3.05, 3.63) is 0 Å². The Morgan fingerprint density at radius 3 is 2.38 bits per heavy atom.